The summed E-state index contributed by atoms with van der Waals surface area (Å²) in [6.45, 7) is 1.31. The summed E-state index contributed by atoms with van der Waals surface area (Å²) < 4.78 is 0. The van der Waals surface area contributed by atoms with E-state index in [0.717, 1.165) is 0 Å². The predicted octanol–water partition coefficient (Wildman–Crippen LogP) is 0.948. The van der Waals surface area contributed by atoms with Crippen molar-refractivity contribution in [1.82, 2.24) is 4.98 Å². The van der Waals surface area contributed by atoms with Gasteiger partial charge in [-0.25, -0.2) is 0 Å². The topological polar surface area (TPSA) is 85.1 Å². The summed E-state index contributed by atoms with van der Waals surface area (Å²) in [6.07, 6.45) is 0. The molecule has 13 heavy (non-hydrogen) atoms. The smallest absolute Gasteiger partial charge is 0.358 e. The molecule has 0 unspecified atom stereocenters. The van der Waals surface area contributed by atoms with Crippen LogP contribution in [0.3, 0.4) is 0 Å². The zero-order valence-electron chi connectivity index (χ0n) is 6.85. The molecule has 0 aliphatic heterocycles. The summed E-state index contributed by atoms with van der Waals surface area (Å²) in [5.74, 6) is -0.416. The second kappa shape index (κ2) is 3.61. The normalized spacial score (nSPS) is 9.31. The molecule has 0 aromatic carbocycles. The zero-order chi connectivity index (χ0) is 9.84. The fourth-order valence-electron chi connectivity index (χ4n) is 0.775. The van der Waals surface area contributed by atoms with Gasteiger partial charge in [-0.1, -0.05) is 0 Å². The van der Waals surface area contributed by atoms with Crippen LogP contribution in [0.4, 0.5) is 11.6 Å². The van der Waals surface area contributed by atoms with Gasteiger partial charge in [-0.05, 0) is 16.0 Å². The van der Waals surface area contributed by atoms with Crippen LogP contribution in [0.5, 0.6) is 0 Å². The first-order valence-corrected chi connectivity index (χ1v) is 3.48. The summed E-state index contributed by atoms with van der Waals surface area (Å²) in [7, 11) is 0. The van der Waals surface area contributed by atoms with Gasteiger partial charge in [-0.15, -0.1) is 0 Å². The molecule has 0 bridgehead atoms. The van der Waals surface area contributed by atoms with Gasteiger partial charge in [0, 0.05) is 19.1 Å². The lowest BCUT2D eigenvalue weighted by Gasteiger charge is -1.95. The van der Waals surface area contributed by atoms with Crippen LogP contribution in [0.1, 0.15) is 6.92 Å². The SMILES string of the molecule is CC(=O)Nc1cccc([N+](=O)[O-])n1. The molecule has 1 N–H and O–H groups in total. The molecule has 1 heterocycles. The highest BCUT2D eigenvalue weighted by molar-refractivity contribution is 5.87. The van der Waals surface area contributed by atoms with Crippen LogP contribution < -0.4 is 5.32 Å². The lowest BCUT2D eigenvalue weighted by molar-refractivity contribution is -0.389. The van der Waals surface area contributed by atoms with Crippen LogP contribution in [0, 0.1) is 10.1 Å². The summed E-state index contributed by atoms with van der Waals surface area (Å²) in [6, 6.07) is 4.19. The molecule has 0 saturated carbocycles. The Labute approximate surface area is 73.7 Å². The molecule has 1 aromatic heterocycles. The van der Waals surface area contributed by atoms with E-state index in [-0.39, 0.29) is 17.5 Å². The number of carbonyl (C=O) groups excluding carboxylic acids is 1. The monoisotopic (exact) mass is 181 g/mol. The number of carbonyl (C=O) groups is 1. The second-order valence-electron chi connectivity index (χ2n) is 2.32. The highest BCUT2D eigenvalue weighted by Gasteiger charge is 2.09. The quantitative estimate of drug-likeness (QED) is 0.543. The van der Waals surface area contributed by atoms with Gasteiger partial charge >= 0.3 is 5.82 Å². The second-order valence-corrected chi connectivity index (χ2v) is 2.32. The lowest BCUT2D eigenvalue weighted by atomic mass is 10.4. The Hall–Kier alpha value is -1.98. The maximum Gasteiger partial charge on any atom is 0.365 e. The predicted molar refractivity (Wildman–Crippen MR) is 45.2 cm³/mol. The van der Waals surface area contributed by atoms with E-state index in [9.17, 15) is 14.9 Å². The van der Waals surface area contributed by atoms with E-state index in [1.54, 1.807) is 0 Å². The first kappa shape index (κ1) is 9.11. The summed E-state index contributed by atoms with van der Waals surface area (Å²) in [5.41, 5.74) is 0. The van der Waals surface area contributed by atoms with Crippen molar-refractivity contribution in [1.29, 1.82) is 0 Å². The molecule has 0 fully saturated rings. The van der Waals surface area contributed by atoms with Crippen LogP contribution in [0.25, 0.3) is 0 Å². The Balaban J connectivity index is 2.91. The number of anilines is 1. The minimum absolute atomic E-state index is 0.182. The summed E-state index contributed by atoms with van der Waals surface area (Å²) in [4.78, 5) is 23.8. The molecule has 0 aliphatic carbocycles. The molecule has 0 spiro atoms. The Morgan fingerprint density at radius 3 is 2.85 bits per heavy atom. The van der Waals surface area contributed by atoms with E-state index < -0.39 is 4.92 Å². The number of rotatable bonds is 2. The van der Waals surface area contributed by atoms with Crippen LogP contribution in [-0.2, 0) is 4.79 Å². The average Bonchev–Trinajstić information content (AvgIpc) is 2.03. The van der Waals surface area contributed by atoms with Crippen LogP contribution in [0.2, 0.25) is 0 Å². The Morgan fingerprint density at radius 1 is 1.62 bits per heavy atom. The maximum atomic E-state index is 10.6. The third-order valence-electron chi connectivity index (χ3n) is 1.23. The Bertz CT molecular complexity index is 351. The number of hydrogen-bond acceptors (Lipinski definition) is 4. The van der Waals surface area contributed by atoms with Gasteiger partial charge in [0.05, 0.1) is 0 Å². The molecule has 1 aromatic rings. The van der Waals surface area contributed by atoms with Crippen molar-refractivity contribution in [3.8, 4) is 0 Å². The molecular weight excluding hydrogens is 174 g/mol. The molecule has 1 rings (SSSR count). The number of aromatic nitrogens is 1. The van der Waals surface area contributed by atoms with Crippen molar-refractivity contribution in [2.24, 2.45) is 0 Å². The van der Waals surface area contributed by atoms with Gasteiger partial charge in [-0.2, -0.15) is 0 Å². The third-order valence-corrected chi connectivity index (χ3v) is 1.23. The standard InChI is InChI=1S/C7H7N3O3/c1-5(11)8-6-3-2-4-7(9-6)10(12)13/h2-4H,1H3,(H,8,9,11). The third kappa shape index (κ3) is 2.51. The Morgan fingerprint density at radius 2 is 2.31 bits per heavy atom. The first-order chi connectivity index (χ1) is 6.09. The highest BCUT2D eigenvalue weighted by atomic mass is 16.6. The van der Waals surface area contributed by atoms with E-state index in [2.05, 4.69) is 10.3 Å². The molecule has 68 valence electrons. The molecule has 0 saturated heterocycles. The van der Waals surface area contributed by atoms with Gasteiger partial charge in [0.25, 0.3) is 0 Å². The summed E-state index contributed by atoms with van der Waals surface area (Å²) >= 11 is 0. The molecule has 0 atom stereocenters. The van der Waals surface area contributed by atoms with Crippen LogP contribution in [-0.4, -0.2) is 15.8 Å². The number of nitro groups is 1. The van der Waals surface area contributed by atoms with Crippen molar-refractivity contribution in [3.05, 3.63) is 28.3 Å². The number of amides is 1. The average molecular weight is 181 g/mol. The largest absolute Gasteiger partial charge is 0.365 e. The molecule has 1 amide bonds. The number of pyridine rings is 1. The van der Waals surface area contributed by atoms with Crippen molar-refractivity contribution in [2.75, 3.05) is 5.32 Å². The maximum absolute atomic E-state index is 10.6. The van der Waals surface area contributed by atoms with E-state index in [4.69, 9.17) is 0 Å². The van der Waals surface area contributed by atoms with Crippen LogP contribution >= 0.6 is 0 Å². The fourth-order valence-corrected chi connectivity index (χ4v) is 0.775. The highest BCUT2D eigenvalue weighted by Crippen LogP contribution is 2.10. The minimum Gasteiger partial charge on any atom is -0.358 e. The number of nitrogens with zero attached hydrogens (tertiary/aromatic N) is 2. The van der Waals surface area contributed by atoms with Gasteiger partial charge in [0.15, 0.2) is 0 Å². The molecule has 6 nitrogen and oxygen atoms in total. The number of hydrogen-bond donors (Lipinski definition) is 1. The van der Waals surface area contributed by atoms with Gasteiger partial charge < -0.3 is 10.1 Å². The zero-order valence-corrected chi connectivity index (χ0v) is 6.85. The van der Waals surface area contributed by atoms with E-state index in [0.29, 0.717) is 0 Å². The molecule has 6 heteroatoms. The lowest BCUT2D eigenvalue weighted by Crippen LogP contribution is -2.07. The van der Waals surface area contributed by atoms with Crippen molar-refractivity contribution in [2.45, 2.75) is 6.92 Å². The first-order valence-electron chi connectivity index (χ1n) is 3.48. The number of nitrogens with one attached hydrogen (secondary N) is 1. The van der Waals surface area contributed by atoms with Crippen LogP contribution in [0.15, 0.2) is 18.2 Å². The van der Waals surface area contributed by atoms with Crippen molar-refractivity contribution in [3.63, 3.8) is 0 Å². The molecular formula is C7H7N3O3. The summed E-state index contributed by atoms with van der Waals surface area (Å²) in [5, 5.41) is 12.6. The Kier molecular flexibility index (Phi) is 2.53. The molecule has 0 aliphatic rings. The fraction of sp³-hybridized carbons (Fsp3) is 0.143. The van der Waals surface area contributed by atoms with Crippen molar-refractivity contribution < 1.29 is 9.72 Å². The van der Waals surface area contributed by atoms with Crippen molar-refractivity contribution >= 4 is 17.5 Å². The van der Waals surface area contributed by atoms with E-state index in [1.807, 2.05) is 0 Å². The van der Waals surface area contributed by atoms with Gasteiger partial charge in [-0.3, -0.25) is 10.1 Å². The van der Waals surface area contributed by atoms with Gasteiger partial charge in [0.1, 0.15) is 0 Å². The van der Waals surface area contributed by atoms with E-state index in [1.165, 1.54) is 25.1 Å². The molecule has 0 radical (unpaired) electrons. The minimum atomic E-state index is -0.620. The van der Waals surface area contributed by atoms with E-state index >= 15 is 0 Å². The van der Waals surface area contributed by atoms with Gasteiger partial charge in [0.2, 0.25) is 11.7 Å².